The Morgan fingerprint density at radius 2 is 1.97 bits per heavy atom. The monoisotopic (exact) mass is 467 g/mol. The molecule has 176 valence electrons. The number of H-pyrrole nitrogens is 1. The molecule has 4 rings (SSSR count). The molecule has 0 radical (unpaired) electrons. The van der Waals surface area contributed by atoms with Crippen LogP contribution in [0.3, 0.4) is 0 Å². The number of fused-ring (bicyclic) bond motifs is 2. The van der Waals surface area contributed by atoms with Crippen LogP contribution in [0.15, 0.2) is 43.5 Å². The number of pyridine rings is 1. The first kappa shape index (κ1) is 24.1. The van der Waals surface area contributed by atoms with Crippen LogP contribution in [0.4, 0.5) is 27.9 Å². The number of rotatable bonds is 6. The van der Waals surface area contributed by atoms with E-state index >= 15 is 0 Å². The van der Waals surface area contributed by atoms with Gasteiger partial charge in [0.2, 0.25) is 5.95 Å². The van der Waals surface area contributed by atoms with Crippen molar-refractivity contribution in [3.8, 4) is 11.1 Å². The van der Waals surface area contributed by atoms with E-state index in [9.17, 15) is 22.0 Å². The first-order chi connectivity index (χ1) is 15.6. The van der Waals surface area contributed by atoms with E-state index < -0.39 is 18.6 Å². The predicted octanol–water partition coefficient (Wildman–Crippen LogP) is 4.75. The SMILES string of the molecule is C=Cc1cnc2ccc(-c3c[nH]c4nc(N[C@H](C)C(F)(F)F)ncc34)cn12.CNCC(F)F. The summed E-state index contributed by atoms with van der Waals surface area (Å²) in [6.07, 6.45) is 2.03. The van der Waals surface area contributed by atoms with Crippen molar-refractivity contribution in [2.75, 3.05) is 18.9 Å². The van der Waals surface area contributed by atoms with Crippen molar-refractivity contribution < 1.29 is 22.0 Å². The molecule has 0 aliphatic carbocycles. The van der Waals surface area contributed by atoms with Gasteiger partial charge in [-0.05, 0) is 32.2 Å². The average molecular weight is 467 g/mol. The van der Waals surface area contributed by atoms with Crippen LogP contribution in [-0.2, 0) is 0 Å². The summed E-state index contributed by atoms with van der Waals surface area (Å²) < 4.78 is 61.9. The molecule has 0 aliphatic heterocycles. The summed E-state index contributed by atoms with van der Waals surface area (Å²) in [7, 11) is 1.49. The van der Waals surface area contributed by atoms with Gasteiger partial charge in [-0.3, -0.25) is 4.40 Å². The van der Waals surface area contributed by atoms with E-state index in [4.69, 9.17) is 0 Å². The second-order valence-corrected chi connectivity index (χ2v) is 7.05. The molecule has 0 bridgehead atoms. The molecule has 0 unspecified atom stereocenters. The highest BCUT2D eigenvalue weighted by Gasteiger charge is 2.36. The lowest BCUT2D eigenvalue weighted by molar-refractivity contribution is -0.138. The average Bonchev–Trinajstić information content (AvgIpc) is 3.36. The molecule has 0 aromatic carbocycles. The first-order valence-corrected chi connectivity index (χ1v) is 9.84. The standard InChI is InChI=1S/C18H15F3N6.C3H7F2N/c1-3-12-6-22-15-5-4-11(9-27(12)15)13-7-23-16-14(13)8-24-17(26-16)25-10(2)18(19,20)21;1-6-2-3(4)5/h3-10H,1H2,2H3,(H2,23,24,25,26);3,6H,2H2,1H3/t10-;/m1./s1. The molecule has 0 saturated heterocycles. The van der Waals surface area contributed by atoms with Crippen LogP contribution in [0.25, 0.3) is 33.9 Å². The normalized spacial score (nSPS) is 12.6. The largest absolute Gasteiger partial charge is 0.408 e. The molecule has 7 nitrogen and oxygen atoms in total. The molecule has 4 aromatic heterocycles. The topological polar surface area (TPSA) is 82.9 Å². The zero-order valence-electron chi connectivity index (χ0n) is 17.8. The van der Waals surface area contributed by atoms with Gasteiger partial charge < -0.3 is 15.6 Å². The van der Waals surface area contributed by atoms with E-state index in [0.29, 0.717) is 11.0 Å². The van der Waals surface area contributed by atoms with Crippen molar-refractivity contribution in [1.82, 2.24) is 29.7 Å². The maximum absolute atomic E-state index is 12.7. The molecule has 0 saturated carbocycles. The highest BCUT2D eigenvalue weighted by molar-refractivity contribution is 5.93. The Morgan fingerprint density at radius 3 is 2.58 bits per heavy atom. The quantitative estimate of drug-likeness (QED) is 0.357. The van der Waals surface area contributed by atoms with E-state index in [0.717, 1.165) is 29.4 Å². The molecule has 4 heterocycles. The molecule has 12 heteroatoms. The van der Waals surface area contributed by atoms with Crippen LogP contribution in [0, 0.1) is 0 Å². The Hall–Kier alpha value is -3.54. The van der Waals surface area contributed by atoms with Crippen LogP contribution < -0.4 is 10.6 Å². The van der Waals surface area contributed by atoms with E-state index in [1.165, 1.54) is 13.2 Å². The van der Waals surface area contributed by atoms with Gasteiger partial charge in [0.05, 0.1) is 18.4 Å². The van der Waals surface area contributed by atoms with Crippen molar-refractivity contribution in [3.63, 3.8) is 0 Å². The highest BCUT2D eigenvalue weighted by atomic mass is 19.4. The van der Waals surface area contributed by atoms with Gasteiger partial charge in [-0.1, -0.05) is 6.58 Å². The Kier molecular flexibility index (Phi) is 7.26. The summed E-state index contributed by atoms with van der Waals surface area (Å²) in [5, 5.41) is 5.29. The van der Waals surface area contributed by atoms with E-state index in [1.54, 1.807) is 18.5 Å². The lowest BCUT2D eigenvalue weighted by atomic mass is 10.1. The zero-order valence-corrected chi connectivity index (χ0v) is 17.8. The number of nitrogens with one attached hydrogen (secondary N) is 3. The molecular formula is C21H22F5N7. The van der Waals surface area contributed by atoms with Crippen LogP contribution in [0.1, 0.15) is 12.6 Å². The maximum Gasteiger partial charge on any atom is 0.408 e. The Bertz CT molecular complexity index is 1230. The van der Waals surface area contributed by atoms with Crippen molar-refractivity contribution in [1.29, 1.82) is 0 Å². The molecule has 3 N–H and O–H groups in total. The zero-order chi connectivity index (χ0) is 24.2. The molecule has 1 atom stereocenters. The fourth-order valence-electron chi connectivity index (χ4n) is 2.96. The molecule has 4 aromatic rings. The van der Waals surface area contributed by atoms with Crippen molar-refractivity contribution in [2.24, 2.45) is 0 Å². The minimum absolute atomic E-state index is 0.0836. The second kappa shape index (κ2) is 9.94. The van der Waals surface area contributed by atoms with Crippen molar-refractivity contribution in [3.05, 3.63) is 49.2 Å². The first-order valence-electron chi connectivity index (χ1n) is 9.84. The summed E-state index contributed by atoms with van der Waals surface area (Å²) in [5.74, 6) is -0.0836. The van der Waals surface area contributed by atoms with Gasteiger partial charge in [-0.15, -0.1) is 0 Å². The third-order valence-electron chi connectivity index (χ3n) is 4.68. The molecule has 33 heavy (non-hydrogen) atoms. The summed E-state index contributed by atoms with van der Waals surface area (Å²) >= 11 is 0. The molecule has 0 amide bonds. The fourth-order valence-corrected chi connectivity index (χ4v) is 2.96. The number of hydrogen-bond donors (Lipinski definition) is 3. The Morgan fingerprint density at radius 1 is 1.21 bits per heavy atom. The number of aromatic amines is 1. The number of anilines is 1. The maximum atomic E-state index is 12.7. The lowest BCUT2D eigenvalue weighted by Crippen LogP contribution is -2.33. The third kappa shape index (κ3) is 5.64. The Balaban J connectivity index is 0.000000454. The van der Waals surface area contributed by atoms with Crippen molar-refractivity contribution in [2.45, 2.75) is 25.6 Å². The van der Waals surface area contributed by atoms with E-state index in [-0.39, 0.29) is 12.5 Å². The van der Waals surface area contributed by atoms with Crippen LogP contribution in [-0.4, -0.2) is 56.6 Å². The lowest BCUT2D eigenvalue weighted by Gasteiger charge is -2.16. The molecule has 0 spiro atoms. The van der Waals surface area contributed by atoms with Gasteiger partial charge in [-0.2, -0.15) is 18.2 Å². The van der Waals surface area contributed by atoms with Gasteiger partial charge in [-0.25, -0.2) is 18.7 Å². The molecule has 0 fully saturated rings. The van der Waals surface area contributed by atoms with Gasteiger partial charge in [0.1, 0.15) is 17.3 Å². The summed E-state index contributed by atoms with van der Waals surface area (Å²) in [6, 6.07) is 2.05. The summed E-state index contributed by atoms with van der Waals surface area (Å²) in [5.41, 5.74) is 3.83. The van der Waals surface area contributed by atoms with Crippen LogP contribution in [0.5, 0.6) is 0 Å². The third-order valence-corrected chi connectivity index (χ3v) is 4.68. The number of alkyl halides is 5. The second-order valence-electron chi connectivity index (χ2n) is 7.05. The molecular weight excluding hydrogens is 445 g/mol. The number of aromatic nitrogens is 5. The predicted molar refractivity (Wildman–Crippen MR) is 117 cm³/mol. The number of imidazole rings is 1. The van der Waals surface area contributed by atoms with Gasteiger partial charge in [0, 0.05) is 35.1 Å². The minimum Gasteiger partial charge on any atom is -0.345 e. The number of halogens is 5. The fraction of sp³-hybridized carbons (Fsp3) is 0.286. The van der Waals surface area contributed by atoms with Gasteiger partial charge >= 0.3 is 6.18 Å². The van der Waals surface area contributed by atoms with Gasteiger partial charge in [0.15, 0.2) is 0 Å². The minimum atomic E-state index is -4.37. The van der Waals surface area contributed by atoms with Crippen LogP contribution >= 0.6 is 0 Å². The summed E-state index contributed by atoms with van der Waals surface area (Å²) in [4.78, 5) is 15.5. The van der Waals surface area contributed by atoms with E-state index in [1.807, 2.05) is 22.7 Å². The Labute approximate surface area is 185 Å². The number of nitrogens with zero attached hydrogens (tertiary/aromatic N) is 4. The molecule has 0 aliphatic rings. The van der Waals surface area contributed by atoms with E-state index in [2.05, 4.69) is 37.1 Å². The smallest absolute Gasteiger partial charge is 0.345 e. The van der Waals surface area contributed by atoms with Gasteiger partial charge in [0.25, 0.3) is 6.43 Å². The summed E-state index contributed by atoms with van der Waals surface area (Å²) in [6.45, 7) is 4.58. The van der Waals surface area contributed by atoms with Crippen molar-refractivity contribution >= 4 is 28.7 Å². The number of hydrogen-bond acceptors (Lipinski definition) is 5. The van der Waals surface area contributed by atoms with Crippen LogP contribution in [0.2, 0.25) is 0 Å². The highest BCUT2D eigenvalue weighted by Crippen LogP contribution is 2.29.